The topological polar surface area (TPSA) is 103 Å². The number of hydrogen-bond acceptors (Lipinski definition) is 7. The SMILES string of the molecule is CN(CC(=O)OCc1nc(-c2cccc(C(F)(F)F)c2)no1)S(=O)(=O)c1ccc(Cl)cc1. The Morgan fingerprint density at radius 2 is 1.88 bits per heavy atom. The Bertz CT molecular complexity index is 1210. The molecule has 0 saturated carbocycles. The molecule has 0 unspecified atom stereocenters. The van der Waals surface area contributed by atoms with Crippen molar-refractivity contribution in [3.05, 3.63) is 65.0 Å². The lowest BCUT2D eigenvalue weighted by molar-refractivity contribution is -0.145. The molecule has 3 aromatic rings. The Morgan fingerprint density at radius 3 is 2.53 bits per heavy atom. The van der Waals surface area contributed by atoms with Gasteiger partial charge in [0.2, 0.25) is 15.8 Å². The van der Waals surface area contributed by atoms with Gasteiger partial charge in [0.05, 0.1) is 10.5 Å². The van der Waals surface area contributed by atoms with Crippen LogP contribution >= 0.6 is 11.6 Å². The summed E-state index contributed by atoms with van der Waals surface area (Å²) in [5.74, 6) is -1.19. The highest BCUT2D eigenvalue weighted by Crippen LogP contribution is 2.31. The van der Waals surface area contributed by atoms with Gasteiger partial charge in [-0.15, -0.1) is 0 Å². The largest absolute Gasteiger partial charge is 0.455 e. The van der Waals surface area contributed by atoms with Crippen LogP contribution in [-0.2, 0) is 32.3 Å². The number of halogens is 4. The van der Waals surface area contributed by atoms with Gasteiger partial charge < -0.3 is 9.26 Å². The summed E-state index contributed by atoms with van der Waals surface area (Å²) in [5, 5.41) is 3.93. The normalized spacial score (nSPS) is 12.2. The number of alkyl halides is 3. The first kappa shape index (κ1) is 23.7. The zero-order valence-electron chi connectivity index (χ0n) is 16.3. The summed E-state index contributed by atoms with van der Waals surface area (Å²) in [4.78, 5) is 15.9. The smallest absolute Gasteiger partial charge is 0.416 e. The minimum Gasteiger partial charge on any atom is -0.455 e. The van der Waals surface area contributed by atoms with Gasteiger partial charge in [0.1, 0.15) is 6.54 Å². The molecule has 1 heterocycles. The lowest BCUT2D eigenvalue weighted by Gasteiger charge is -2.16. The summed E-state index contributed by atoms with van der Waals surface area (Å²) in [6, 6.07) is 9.73. The summed E-state index contributed by atoms with van der Waals surface area (Å²) in [6.07, 6.45) is -4.53. The third-order valence-corrected chi connectivity index (χ3v) is 6.22. The van der Waals surface area contributed by atoms with E-state index in [2.05, 4.69) is 10.1 Å². The van der Waals surface area contributed by atoms with Crippen molar-refractivity contribution < 1.29 is 35.6 Å². The van der Waals surface area contributed by atoms with Crippen LogP contribution in [0, 0.1) is 0 Å². The second-order valence-electron chi connectivity index (χ2n) is 6.47. The van der Waals surface area contributed by atoms with E-state index < -0.39 is 40.9 Å². The van der Waals surface area contributed by atoms with Crippen molar-refractivity contribution in [3.8, 4) is 11.4 Å². The fourth-order valence-electron chi connectivity index (χ4n) is 2.51. The molecule has 0 spiro atoms. The molecule has 8 nitrogen and oxygen atoms in total. The maximum Gasteiger partial charge on any atom is 0.416 e. The number of ether oxygens (including phenoxy) is 1. The molecule has 32 heavy (non-hydrogen) atoms. The molecule has 13 heteroatoms. The van der Waals surface area contributed by atoms with Crippen LogP contribution < -0.4 is 0 Å². The number of benzene rings is 2. The number of nitrogens with zero attached hydrogens (tertiary/aromatic N) is 3. The molecule has 0 aliphatic carbocycles. The third kappa shape index (κ3) is 5.64. The van der Waals surface area contributed by atoms with Crippen LogP contribution in [-0.4, -0.2) is 42.4 Å². The molecular weight excluding hydrogens is 475 g/mol. The van der Waals surface area contributed by atoms with Crippen molar-refractivity contribution in [2.45, 2.75) is 17.7 Å². The molecule has 0 atom stereocenters. The molecule has 0 aliphatic rings. The molecule has 0 bridgehead atoms. The Balaban J connectivity index is 1.60. The summed E-state index contributed by atoms with van der Waals surface area (Å²) in [7, 11) is -2.75. The monoisotopic (exact) mass is 489 g/mol. The predicted molar refractivity (Wildman–Crippen MR) is 106 cm³/mol. The molecular formula is C19H15ClF3N3O5S. The maximum atomic E-state index is 12.8. The number of rotatable bonds is 7. The summed E-state index contributed by atoms with van der Waals surface area (Å²) < 4.78 is 74.1. The number of aromatic nitrogens is 2. The second-order valence-corrected chi connectivity index (χ2v) is 8.95. The summed E-state index contributed by atoms with van der Waals surface area (Å²) in [6.45, 7) is -1.08. The first-order chi connectivity index (χ1) is 15.0. The third-order valence-electron chi connectivity index (χ3n) is 4.15. The van der Waals surface area contributed by atoms with E-state index in [-0.39, 0.29) is 22.2 Å². The molecule has 2 aromatic carbocycles. The highest BCUT2D eigenvalue weighted by Gasteiger charge is 2.31. The minimum atomic E-state index is -4.53. The first-order valence-corrected chi connectivity index (χ1v) is 10.7. The van der Waals surface area contributed by atoms with E-state index in [1.165, 1.54) is 43.4 Å². The predicted octanol–water partition coefficient (Wildman–Crippen LogP) is 3.77. The molecule has 0 aliphatic heterocycles. The number of hydrogen-bond donors (Lipinski definition) is 0. The fraction of sp³-hybridized carbons (Fsp3) is 0.211. The Labute approximate surface area is 185 Å². The Hall–Kier alpha value is -2.96. The molecule has 1 aromatic heterocycles. The summed E-state index contributed by atoms with van der Waals surface area (Å²) >= 11 is 5.74. The van der Waals surface area contributed by atoms with E-state index in [0.29, 0.717) is 5.02 Å². The Morgan fingerprint density at radius 1 is 1.19 bits per heavy atom. The second kappa shape index (κ2) is 9.27. The quantitative estimate of drug-likeness (QED) is 0.465. The number of likely N-dealkylation sites (N-methyl/N-ethyl adjacent to an activating group) is 1. The van der Waals surface area contributed by atoms with Crippen LogP contribution in [0.15, 0.2) is 57.9 Å². The molecule has 0 radical (unpaired) electrons. The highest BCUT2D eigenvalue weighted by molar-refractivity contribution is 7.89. The average molecular weight is 490 g/mol. The van der Waals surface area contributed by atoms with Crippen molar-refractivity contribution >= 4 is 27.6 Å². The number of sulfonamides is 1. The van der Waals surface area contributed by atoms with Crippen LogP contribution in [0.2, 0.25) is 5.02 Å². The van der Waals surface area contributed by atoms with E-state index >= 15 is 0 Å². The molecule has 0 saturated heterocycles. The molecule has 0 N–H and O–H groups in total. The van der Waals surface area contributed by atoms with Crippen molar-refractivity contribution in [1.82, 2.24) is 14.4 Å². The Kier molecular flexibility index (Phi) is 6.86. The van der Waals surface area contributed by atoms with E-state index in [1.807, 2.05) is 0 Å². The van der Waals surface area contributed by atoms with E-state index in [9.17, 15) is 26.4 Å². The zero-order valence-corrected chi connectivity index (χ0v) is 17.9. The fourth-order valence-corrected chi connectivity index (χ4v) is 3.75. The minimum absolute atomic E-state index is 0.0557. The van der Waals surface area contributed by atoms with Gasteiger partial charge in [0, 0.05) is 17.6 Å². The highest BCUT2D eigenvalue weighted by atomic mass is 35.5. The van der Waals surface area contributed by atoms with E-state index in [4.69, 9.17) is 20.9 Å². The van der Waals surface area contributed by atoms with Crippen LogP contribution in [0.5, 0.6) is 0 Å². The lowest BCUT2D eigenvalue weighted by atomic mass is 10.1. The van der Waals surface area contributed by atoms with E-state index in [0.717, 1.165) is 16.4 Å². The van der Waals surface area contributed by atoms with Crippen molar-refractivity contribution in [3.63, 3.8) is 0 Å². The first-order valence-electron chi connectivity index (χ1n) is 8.84. The van der Waals surface area contributed by atoms with Crippen LogP contribution in [0.4, 0.5) is 13.2 Å². The molecule has 0 amide bonds. The number of esters is 1. The van der Waals surface area contributed by atoms with E-state index in [1.54, 1.807) is 0 Å². The van der Waals surface area contributed by atoms with Crippen LogP contribution in [0.3, 0.4) is 0 Å². The molecule has 170 valence electrons. The van der Waals surface area contributed by atoms with Crippen LogP contribution in [0.25, 0.3) is 11.4 Å². The maximum absolute atomic E-state index is 12.8. The van der Waals surface area contributed by atoms with Crippen molar-refractivity contribution in [2.24, 2.45) is 0 Å². The van der Waals surface area contributed by atoms with Gasteiger partial charge in [-0.05, 0) is 36.4 Å². The standard InChI is InChI=1S/C19H15ClF3N3O5S/c1-26(32(28,29)15-7-5-14(20)6-8-15)10-17(27)30-11-16-24-18(25-31-16)12-3-2-4-13(9-12)19(21,22)23/h2-9H,10-11H2,1H3. The molecule has 3 rings (SSSR count). The zero-order chi connectivity index (χ0) is 23.5. The van der Waals surface area contributed by atoms with Crippen LogP contribution in [0.1, 0.15) is 11.5 Å². The molecule has 0 fully saturated rings. The van der Waals surface area contributed by atoms with Gasteiger partial charge >= 0.3 is 12.1 Å². The van der Waals surface area contributed by atoms with Gasteiger partial charge in [0.25, 0.3) is 5.89 Å². The van der Waals surface area contributed by atoms with Gasteiger partial charge in [0.15, 0.2) is 6.61 Å². The number of carbonyl (C=O) groups excluding carboxylic acids is 1. The van der Waals surface area contributed by atoms with Gasteiger partial charge in [-0.2, -0.15) is 22.5 Å². The van der Waals surface area contributed by atoms with Crippen molar-refractivity contribution in [2.75, 3.05) is 13.6 Å². The average Bonchev–Trinajstić information content (AvgIpc) is 3.21. The lowest BCUT2D eigenvalue weighted by Crippen LogP contribution is -2.33. The van der Waals surface area contributed by atoms with Gasteiger partial charge in [-0.25, -0.2) is 8.42 Å². The number of carbonyl (C=O) groups is 1. The van der Waals surface area contributed by atoms with Gasteiger partial charge in [-0.3, -0.25) is 4.79 Å². The summed E-state index contributed by atoms with van der Waals surface area (Å²) in [5.41, 5.74) is -0.812. The van der Waals surface area contributed by atoms with Crippen molar-refractivity contribution in [1.29, 1.82) is 0 Å². The van der Waals surface area contributed by atoms with Gasteiger partial charge in [-0.1, -0.05) is 28.9 Å².